The van der Waals surface area contributed by atoms with Crippen molar-refractivity contribution < 1.29 is 14.7 Å². The van der Waals surface area contributed by atoms with E-state index < -0.39 is 5.97 Å². The van der Waals surface area contributed by atoms with E-state index in [9.17, 15) is 9.59 Å². The van der Waals surface area contributed by atoms with E-state index >= 15 is 0 Å². The molecule has 1 aromatic heterocycles. The van der Waals surface area contributed by atoms with E-state index in [1.807, 2.05) is 0 Å². The Hall–Kier alpha value is -1.62. The van der Waals surface area contributed by atoms with Crippen LogP contribution in [-0.2, 0) is 4.79 Å². The van der Waals surface area contributed by atoms with Gasteiger partial charge in [0.25, 0.3) is 5.91 Å². The molecule has 1 aliphatic carbocycles. The Balaban J connectivity index is 1.82. The van der Waals surface area contributed by atoms with Gasteiger partial charge in [0.15, 0.2) is 0 Å². The number of thiophene rings is 1. The van der Waals surface area contributed by atoms with Gasteiger partial charge in [-0.3, -0.25) is 4.79 Å². The Kier molecular flexibility index (Phi) is 5.56. The van der Waals surface area contributed by atoms with Crippen molar-refractivity contribution in [3.05, 3.63) is 28.0 Å². The fourth-order valence-electron chi connectivity index (χ4n) is 2.59. The molecule has 1 aromatic rings. The van der Waals surface area contributed by atoms with Gasteiger partial charge in [0, 0.05) is 22.9 Å². The summed E-state index contributed by atoms with van der Waals surface area (Å²) in [5.74, 6) is 0.355. The van der Waals surface area contributed by atoms with Crippen molar-refractivity contribution in [1.82, 2.24) is 5.32 Å². The Labute approximate surface area is 128 Å². The molecule has 0 unspecified atom stereocenters. The molecule has 0 aromatic carbocycles. The van der Waals surface area contributed by atoms with Crippen molar-refractivity contribution in [3.8, 4) is 0 Å². The van der Waals surface area contributed by atoms with Crippen molar-refractivity contribution in [3.63, 3.8) is 0 Å². The van der Waals surface area contributed by atoms with Crippen molar-refractivity contribution >= 4 is 29.3 Å². The zero-order valence-electron chi connectivity index (χ0n) is 12.2. The molecular formula is C16H21NO3S. The fourth-order valence-corrected chi connectivity index (χ4v) is 3.36. The summed E-state index contributed by atoms with van der Waals surface area (Å²) >= 11 is 1.37. The van der Waals surface area contributed by atoms with Gasteiger partial charge >= 0.3 is 5.97 Å². The van der Waals surface area contributed by atoms with Crippen LogP contribution in [0.3, 0.4) is 0 Å². The van der Waals surface area contributed by atoms with Gasteiger partial charge in [-0.1, -0.05) is 19.8 Å². The molecule has 0 saturated heterocycles. The standard InChI is InChI=1S/C16H21NO3S/c1-11-2-4-12(5-3-11)9-17-16(20)13-8-14(21-10-13)6-7-15(18)19/h6-8,10-12H,2-5,9H2,1H3,(H,17,20)(H,18,19). The Morgan fingerprint density at radius 3 is 2.76 bits per heavy atom. The molecule has 0 radical (unpaired) electrons. The predicted molar refractivity (Wildman–Crippen MR) is 84.4 cm³/mol. The minimum Gasteiger partial charge on any atom is -0.478 e. The number of carbonyl (C=O) groups is 2. The van der Waals surface area contributed by atoms with E-state index in [-0.39, 0.29) is 5.91 Å². The van der Waals surface area contributed by atoms with Crippen LogP contribution in [0.15, 0.2) is 17.5 Å². The molecule has 2 N–H and O–H groups in total. The molecule has 21 heavy (non-hydrogen) atoms. The highest BCUT2D eigenvalue weighted by Crippen LogP contribution is 2.27. The number of carboxylic acids is 1. The van der Waals surface area contributed by atoms with Gasteiger partial charge in [0.2, 0.25) is 0 Å². The molecular weight excluding hydrogens is 286 g/mol. The smallest absolute Gasteiger partial charge is 0.328 e. The van der Waals surface area contributed by atoms with Crippen molar-refractivity contribution in [2.24, 2.45) is 11.8 Å². The van der Waals surface area contributed by atoms with Crippen molar-refractivity contribution in [2.75, 3.05) is 6.54 Å². The average molecular weight is 307 g/mol. The average Bonchev–Trinajstić information content (AvgIpc) is 2.93. The van der Waals surface area contributed by atoms with Crippen molar-refractivity contribution in [2.45, 2.75) is 32.6 Å². The second-order valence-corrected chi connectivity index (χ2v) is 6.69. The number of carbonyl (C=O) groups excluding carboxylic acids is 1. The van der Waals surface area contributed by atoms with Crippen LogP contribution in [0.4, 0.5) is 0 Å². The summed E-state index contributed by atoms with van der Waals surface area (Å²) in [4.78, 5) is 23.3. The highest BCUT2D eigenvalue weighted by Gasteiger charge is 2.19. The molecule has 4 nitrogen and oxygen atoms in total. The van der Waals surface area contributed by atoms with Crippen molar-refractivity contribution in [1.29, 1.82) is 0 Å². The highest BCUT2D eigenvalue weighted by molar-refractivity contribution is 7.11. The second kappa shape index (κ2) is 7.41. The van der Waals surface area contributed by atoms with Gasteiger partial charge in [0.1, 0.15) is 0 Å². The predicted octanol–water partition coefficient (Wildman–Crippen LogP) is 3.40. The first-order valence-electron chi connectivity index (χ1n) is 7.32. The number of amides is 1. The van der Waals surface area contributed by atoms with Crippen LogP contribution < -0.4 is 5.32 Å². The SMILES string of the molecule is CC1CCC(CNC(=O)c2csc(C=CC(=O)O)c2)CC1. The van der Waals surface area contributed by atoms with E-state index in [4.69, 9.17) is 5.11 Å². The molecule has 0 bridgehead atoms. The number of carboxylic acid groups (broad SMARTS) is 1. The van der Waals surface area contributed by atoms with Gasteiger partial charge < -0.3 is 10.4 Å². The summed E-state index contributed by atoms with van der Waals surface area (Å²) < 4.78 is 0. The van der Waals surface area contributed by atoms with E-state index in [1.54, 1.807) is 11.4 Å². The van der Waals surface area contributed by atoms with Crippen LogP contribution in [0.2, 0.25) is 0 Å². The van der Waals surface area contributed by atoms with Gasteiger partial charge in [0.05, 0.1) is 5.56 Å². The van der Waals surface area contributed by atoms with E-state index in [1.165, 1.54) is 43.1 Å². The lowest BCUT2D eigenvalue weighted by atomic mass is 9.83. The second-order valence-electron chi connectivity index (χ2n) is 5.75. The van der Waals surface area contributed by atoms with Crippen LogP contribution >= 0.6 is 11.3 Å². The maximum absolute atomic E-state index is 12.1. The first-order chi connectivity index (χ1) is 10.0. The molecule has 2 rings (SSSR count). The van der Waals surface area contributed by atoms with Crippen LogP contribution in [0.25, 0.3) is 6.08 Å². The minimum absolute atomic E-state index is 0.0696. The molecule has 0 spiro atoms. The number of hydrogen-bond acceptors (Lipinski definition) is 3. The first-order valence-corrected chi connectivity index (χ1v) is 8.20. The van der Waals surface area contributed by atoms with Gasteiger partial charge in [-0.05, 0) is 36.8 Å². The summed E-state index contributed by atoms with van der Waals surface area (Å²) in [6.45, 7) is 3.02. The molecule has 1 fully saturated rings. The normalized spacial score (nSPS) is 22.3. The third-order valence-electron chi connectivity index (χ3n) is 3.96. The lowest BCUT2D eigenvalue weighted by Crippen LogP contribution is -2.30. The molecule has 1 aliphatic rings. The summed E-state index contributed by atoms with van der Waals surface area (Å²) in [6.07, 6.45) is 7.48. The summed E-state index contributed by atoms with van der Waals surface area (Å²) in [5, 5.41) is 13.3. The number of rotatable bonds is 5. The van der Waals surface area contributed by atoms with E-state index in [0.29, 0.717) is 11.5 Å². The molecule has 114 valence electrons. The summed E-state index contributed by atoms with van der Waals surface area (Å²) in [5.41, 5.74) is 0.606. The number of aliphatic carboxylic acids is 1. The lowest BCUT2D eigenvalue weighted by molar-refractivity contribution is -0.131. The number of nitrogens with one attached hydrogen (secondary N) is 1. The zero-order chi connectivity index (χ0) is 15.2. The third kappa shape index (κ3) is 5.01. The van der Waals surface area contributed by atoms with Crippen LogP contribution in [-0.4, -0.2) is 23.5 Å². The largest absolute Gasteiger partial charge is 0.478 e. The third-order valence-corrected chi connectivity index (χ3v) is 4.86. The molecule has 1 heterocycles. The van der Waals surface area contributed by atoms with Crippen LogP contribution in [0.1, 0.15) is 47.8 Å². The van der Waals surface area contributed by atoms with Crippen LogP contribution in [0, 0.1) is 11.8 Å². The quantitative estimate of drug-likeness (QED) is 0.819. The summed E-state index contributed by atoms with van der Waals surface area (Å²) in [6, 6.07) is 1.72. The number of hydrogen-bond donors (Lipinski definition) is 2. The molecule has 0 atom stereocenters. The molecule has 0 aliphatic heterocycles. The molecule has 5 heteroatoms. The van der Waals surface area contributed by atoms with Gasteiger partial charge in [-0.2, -0.15) is 0 Å². The Bertz CT molecular complexity index is 527. The maximum atomic E-state index is 12.1. The fraction of sp³-hybridized carbons (Fsp3) is 0.500. The zero-order valence-corrected chi connectivity index (χ0v) is 13.0. The minimum atomic E-state index is -0.985. The molecule has 1 saturated carbocycles. The topological polar surface area (TPSA) is 66.4 Å². The summed E-state index contributed by atoms with van der Waals surface area (Å²) in [7, 11) is 0. The monoisotopic (exact) mass is 307 g/mol. The first kappa shape index (κ1) is 15.8. The molecule has 1 amide bonds. The highest BCUT2D eigenvalue weighted by atomic mass is 32.1. The van der Waals surface area contributed by atoms with Crippen LogP contribution in [0.5, 0.6) is 0 Å². The van der Waals surface area contributed by atoms with Gasteiger partial charge in [-0.15, -0.1) is 11.3 Å². The Morgan fingerprint density at radius 2 is 2.10 bits per heavy atom. The lowest BCUT2D eigenvalue weighted by Gasteiger charge is -2.26. The maximum Gasteiger partial charge on any atom is 0.328 e. The van der Waals surface area contributed by atoms with Gasteiger partial charge in [-0.25, -0.2) is 4.79 Å². The van der Waals surface area contributed by atoms with E-state index in [0.717, 1.165) is 23.4 Å². The van der Waals surface area contributed by atoms with E-state index in [2.05, 4.69) is 12.2 Å². The Morgan fingerprint density at radius 1 is 1.38 bits per heavy atom.